The molecular weight excluding hydrogens is 390 g/mol. The van der Waals surface area contributed by atoms with Crippen LogP contribution in [0.3, 0.4) is 0 Å². The maximum atomic E-state index is 12.8. The van der Waals surface area contributed by atoms with Gasteiger partial charge in [0.15, 0.2) is 0 Å². The fourth-order valence-corrected chi connectivity index (χ4v) is 4.38. The van der Waals surface area contributed by atoms with E-state index in [1.54, 1.807) is 0 Å². The Kier molecular flexibility index (Phi) is 7.02. The van der Waals surface area contributed by atoms with E-state index in [2.05, 4.69) is 58.2 Å². The number of anilines is 2. The van der Waals surface area contributed by atoms with Crippen molar-refractivity contribution in [1.29, 1.82) is 0 Å². The molecule has 0 saturated carbocycles. The molecule has 1 aliphatic carbocycles. The molecule has 1 fully saturated rings. The van der Waals surface area contributed by atoms with E-state index >= 15 is 0 Å². The van der Waals surface area contributed by atoms with Gasteiger partial charge >= 0.3 is 0 Å². The highest BCUT2D eigenvalue weighted by molar-refractivity contribution is 5.79. The van der Waals surface area contributed by atoms with Crippen molar-refractivity contribution in [2.45, 2.75) is 39.7 Å². The van der Waals surface area contributed by atoms with Crippen LogP contribution in [0.15, 0.2) is 30.5 Å². The molecule has 7 heteroatoms. The smallest absolute Gasteiger partial charge is 0.225 e. The Morgan fingerprint density at radius 3 is 2.65 bits per heavy atom. The number of aromatic nitrogens is 2. The van der Waals surface area contributed by atoms with Crippen molar-refractivity contribution in [2.75, 3.05) is 49.2 Å². The molecule has 2 aliphatic rings. The molecule has 0 radical (unpaired) electrons. The molecule has 166 valence electrons. The minimum atomic E-state index is -0.0136. The molecule has 7 nitrogen and oxygen atoms in total. The van der Waals surface area contributed by atoms with E-state index in [1.807, 2.05) is 6.20 Å². The fourth-order valence-electron chi connectivity index (χ4n) is 4.38. The largest absolute Gasteiger partial charge is 0.378 e. The molecular formula is C24H33N5O2. The van der Waals surface area contributed by atoms with Crippen molar-refractivity contribution in [3.63, 3.8) is 0 Å². The first-order valence-corrected chi connectivity index (χ1v) is 11.5. The van der Waals surface area contributed by atoms with Crippen molar-refractivity contribution in [3.8, 4) is 0 Å². The number of hydrogen-bond donors (Lipinski definition) is 1. The van der Waals surface area contributed by atoms with Gasteiger partial charge in [0, 0.05) is 56.2 Å². The van der Waals surface area contributed by atoms with Gasteiger partial charge in [0.25, 0.3) is 0 Å². The SMILES string of the molecule is CCN(CC)c1ccc(CNC(=O)[C@@H]2CCc3nc(N4CCOCC4)ncc3C2)cc1. The first-order chi connectivity index (χ1) is 15.2. The van der Waals surface area contributed by atoms with E-state index in [4.69, 9.17) is 9.72 Å². The molecule has 1 N–H and O–H groups in total. The van der Waals surface area contributed by atoms with Gasteiger partial charge in [-0.25, -0.2) is 9.97 Å². The predicted octanol–water partition coefficient (Wildman–Crippen LogP) is 2.58. The highest BCUT2D eigenvalue weighted by atomic mass is 16.5. The highest BCUT2D eigenvalue weighted by Gasteiger charge is 2.26. The average Bonchev–Trinajstić information content (AvgIpc) is 2.84. The van der Waals surface area contributed by atoms with Crippen LogP contribution in [-0.2, 0) is 28.9 Å². The van der Waals surface area contributed by atoms with E-state index in [-0.39, 0.29) is 11.8 Å². The number of rotatable bonds is 7. The zero-order valence-corrected chi connectivity index (χ0v) is 18.6. The molecule has 1 atom stereocenters. The Balaban J connectivity index is 1.31. The second-order valence-corrected chi connectivity index (χ2v) is 8.24. The van der Waals surface area contributed by atoms with E-state index < -0.39 is 0 Å². The third kappa shape index (κ3) is 5.15. The van der Waals surface area contributed by atoms with Crippen molar-refractivity contribution in [3.05, 3.63) is 47.3 Å². The van der Waals surface area contributed by atoms with Crippen molar-refractivity contribution >= 4 is 17.5 Å². The molecule has 1 saturated heterocycles. The lowest BCUT2D eigenvalue weighted by Gasteiger charge is -2.28. The number of nitrogens with one attached hydrogen (secondary N) is 1. The Hall–Kier alpha value is -2.67. The van der Waals surface area contributed by atoms with Gasteiger partial charge in [-0.2, -0.15) is 0 Å². The maximum absolute atomic E-state index is 12.8. The van der Waals surface area contributed by atoms with Gasteiger partial charge in [-0.05, 0) is 56.4 Å². The molecule has 1 amide bonds. The average molecular weight is 424 g/mol. The maximum Gasteiger partial charge on any atom is 0.225 e. The van der Waals surface area contributed by atoms with E-state index in [0.29, 0.717) is 13.0 Å². The summed E-state index contributed by atoms with van der Waals surface area (Å²) in [7, 11) is 0. The monoisotopic (exact) mass is 423 g/mol. The summed E-state index contributed by atoms with van der Waals surface area (Å²) in [5.74, 6) is 0.897. The molecule has 1 aromatic carbocycles. The molecule has 0 unspecified atom stereocenters. The molecule has 0 spiro atoms. The lowest BCUT2D eigenvalue weighted by Crippen LogP contribution is -2.38. The number of amides is 1. The minimum Gasteiger partial charge on any atom is -0.378 e. The van der Waals surface area contributed by atoms with Gasteiger partial charge in [-0.1, -0.05) is 12.1 Å². The van der Waals surface area contributed by atoms with Gasteiger partial charge in [0.2, 0.25) is 11.9 Å². The summed E-state index contributed by atoms with van der Waals surface area (Å²) in [5, 5.41) is 3.12. The van der Waals surface area contributed by atoms with E-state index in [1.165, 1.54) is 5.69 Å². The number of aryl methyl sites for hydroxylation is 1. The Bertz CT molecular complexity index is 876. The lowest BCUT2D eigenvalue weighted by molar-refractivity contribution is -0.125. The molecule has 2 heterocycles. The van der Waals surface area contributed by atoms with Crippen LogP contribution in [0.25, 0.3) is 0 Å². The third-order valence-electron chi connectivity index (χ3n) is 6.33. The summed E-state index contributed by atoms with van der Waals surface area (Å²) in [6.07, 6.45) is 4.29. The van der Waals surface area contributed by atoms with Crippen LogP contribution in [-0.4, -0.2) is 55.3 Å². The number of nitrogens with zero attached hydrogens (tertiary/aromatic N) is 4. The van der Waals surface area contributed by atoms with Gasteiger partial charge in [-0.3, -0.25) is 4.79 Å². The molecule has 2 aromatic rings. The van der Waals surface area contributed by atoms with Gasteiger partial charge in [0.1, 0.15) is 0 Å². The minimum absolute atomic E-state index is 0.0136. The summed E-state index contributed by atoms with van der Waals surface area (Å²) in [6.45, 7) is 9.98. The summed E-state index contributed by atoms with van der Waals surface area (Å²) in [4.78, 5) is 26.6. The first kappa shape index (κ1) is 21.6. The van der Waals surface area contributed by atoms with Crippen molar-refractivity contribution in [1.82, 2.24) is 15.3 Å². The zero-order chi connectivity index (χ0) is 21.6. The number of ether oxygens (including phenoxy) is 1. The van der Waals surface area contributed by atoms with Gasteiger partial charge in [-0.15, -0.1) is 0 Å². The quantitative estimate of drug-likeness (QED) is 0.738. The Labute approximate surface area is 184 Å². The number of benzene rings is 1. The van der Waals surface area contributed by atoms with Gasteiger partial charge < -0.3 is 19.9 Å². The topological polar surface area (TPSA) is 70.6 Å². The molecule has 1 aromatic heterocycles. The Morgan fingerprint density at radius 1 is 1.19 bits per heavy atom. The number of fused-ring (bicyclic) bond motifs is 1. The number of carbonyl (C=O) groups is 1. The summed E-state index contributed by atoms with van der Waals surface area (Å²) >= 11 is 0. The molecule has 31 heavy (non-hydrogen) atoms. The van der Waals surface area contributed by atoms with Crippen LogP contribution in [0.5, 0.6) is 0 Å². The first-order valence-electron chi connectivity index (χ1n) is 11.5. The normalized spacial score (nSPS) is 18.4. The number of hydrogen-bond acceptors (Lipinski definition) is 6. The van der Waals surface area contributed by atoms with Crippen LogP contribution < -0.4 is 15.1 Å². The fraction of sp³-hybridized carbons (Fsp3) is 0.542. The second-order valence-electron chi connectivity index (χ2n) is 8.24. The number of morpholine rings is 1. The lowest BCUT2D eigenvalue weighted by atomic mass is 9.86. The standard InChI is InChI=1S/C24H33N5O2/c1-3-28(4-2)21-8-5-18(6-9-21)16-25-23(30)19-7-10-22-20(15-19)17-26-24(27-22)29-11-13-31-14-12-29/h5-6,8-9,17,19H,3-4,7,10-16H2,1-2H3,(H,25,30)/t19-/m1/s1. The third-order valence-corrected chi connectivity index (χ3v) is 6.33. The van der Waals surface area contributed by atoms with Gasteiger partial charge in [0.05, 0.1) is 13.2 Å². The second kappa shape index (κ2) is 10.1. The summed E-state index contributed by atoms with van der Waals surface area (Å²) in [6, 6.07) is 8.47. The van der Waals surface area contributed by atoms with E-state index in [9.17, 15) is 4.79 Å². The zero-order valence-electron chi connectivity index (χ0n) is 18.6. The Morgan fingerprint density at radius 2 is 1.94 bits per heavy atom. The van der Waals surface area contributed by atoms with E-state index in [0.717, 1.165) is 75.0 Å². The molecule has 4 rings (SSSR count). The van der Waals surface area contributed by atoms with Crippen LogP contribution in [0.2, 0.25) is 0 Å². The molecule has 1 aliphatic heterocycles. The van der Waals surface area contributed by atoms with Crippen molar-refractivity contribution in [2.24, 2.45) is 5.92 Å². The highest BCUT2D eigenvalue weighted by Crippen LogP contribution is 2.26. The molecule has 0 bridgehead atoms. The van der Waals surface area contributed by atoms with Crippen LogP contribution >= 0.6 is 0 Å². The number of carbonyl (C=O) groups excluding carboxylic acids is 1. The van der Waals surface area contributed by atoms with Crippen LogP contribution in [0.4, 0.5) is 11.6 Å². The predicted molar refractivity (Wildman–Crippen MR) is 122 cm³/mol. The summed E-state index contributed by atoms with van der Waals surface area (Å²) < 4.78 is 5.41. The summed E-state index contributed by atoms with van der Waals surface area (Å²) in [5.41, 5.74) is 4.54. The van der Waals surface area contributed by atoms with Crippen LogP contribution in [0, 0.1) is 5.92 Å². The van der Waals surface area contributed by atoms with Crippen molar-refractivity contribution < 1.29 is 9.53 Å². The van der Waals surface area contributed by atoms with Crippen LogP contribution in [0.1, 0.15) is 37.1 Å².